The summed E-state index contributed by atoms with van der Waals surface area (Å²) in [6, 6.07) is 2.08. The van der Waals surface area contributed by atoms with E-state index in [0.717, 1.165) is 6.07 Å². The molecule has 1 aliphatic carbocycles. The highest BCUT2D eigenvalue weighted by atomic mass is 16.6. The monoisotopic (exact) mass is 268 g/mol. The van der Waals surface area contributed by atoms with E-state index in [1.54, 1.807) is 0 Å². The van der Waals surface area contributed by atoms with Gasteiger partial charge in [0.05, 0.1) is 12.0 Å². The molecule has 0 aliphatic heterocycles. The molecule has 2 rings (SSSR count). The number of nitrogens with zero attached hydrogens (tertiary/aromatic N) is 1. The fourth-order valence-electron chi connectivity index (χ4n) is 2.14. The normalized spacial score (nSPS) is 22.1. The number of carbonyl (C=O) groups is 2. The van der Waals surface area contributed by atoms with Crippen LogP contribution < -0.4 is 5.32 Å². The van der Waals surface area contributed by atoms with Gasteiger partial charge in [-0.1, -0.05) is 0 Å². The van der Waals surface area contributed by atoms with Gasteiger partial charge in [0, 0.05) is 6.04 Å². The number of aliphatic carboxylic acids is 1. The second-order valence-corrected chi connectivity index (χ2v) is 4.41. The van der Waals surface area contributed by atoms with Gasteiger partial charge in [0.2, 0.25) is 0 Å². The van der Waals surface area contributed by atoms with Gasteiger partial charge in [-0.2, -0.15) is 0 Å². The first-order chi connectivity index (χ1) is 8.97. The quantitative estimate of drug-likeness (QED) is 0.624. The van der Waals surface area contributed by atoms with E-state index in [1.807, 2.05) is 0 Å². The lowest BCUT2D eigenvalue weighted by atomic mass is 10.1. The predicted octanol–water partition coefficient (Wildman–Crippen LogP) is 1.17. The first kappa shape index (κ1) is 13.1. The second-order valence-electron chi connectivity index (χ2n) is 4.41. The lowest BCUT2D eigenvalue weighted by Crippen LogP contribution is -2.33. The van der Waals surface area contributed by atoms with E-state index in [0.29, 0.717) is 19.3 Å². The summed E-state index contributed by atoms with van der Waals surface area (Å²) in [7, 11) is 0. The van der Waals surface area contributed by atoms with Crippen LogP contribution in [0.5, 0.6) is 0 Å². The maximum Gasteiger partial charge on any atom is 0.433 e. The molecule has 1 heterocycles. The number of hydrogen-bond donors (Lipinski definition) is 2. The Kier molecular flexibility index (Phi) is 3.50. The molecule has 1 amide bonds. The van der Waals surface area contributed by atoms with Gasteiger partial charge in [-0.15, -0.1) is 0 Å². The molecule has 2 N–H and O–H groups in total. The molecule has 1 saturated carbocycles. The number of furan rings is 1. The van der Waals surface area contributed by atoms with E-state index < -0.39 is 28.6 Å². The summed E-state index contributed by atoms with van der Waals surface area (Å²) in [5.41, 5.74) is 0. The highest BCUT2D eigenvalue weighted by Gasteiger charge is 2.31. The highest BCUT2D eigenvalue weighted by Crippen LogP contribution is 2.26. The minimum absolute atomic E-state index is 0.148. The van der Waals surface area contributed by atoms with Crippen LogP contribution in [0.15, 0.2) is 16.5 Å². The fraction of sp³-hybridized carbons (Fsp3) is 0.455. The first-order valence-electron chi connectivity index (χ1n) is 5.75. The Balaban J connectivity index is 1.94. The van der Waals surface area contributed by atoms with Crippen molar-refractivity contribution >= 4 is 17.8 Å². The van der Waals surface area contributed by atoms with E-state index in [9.17, 15) is 19.7 Å². The van der Waals surface area contributed by atoms with Crippen LogP contribution >= 0.6 is 0 Å². The standard InChI is InChI=1S/C11H12N2O6/c14-10(8-3-4-9(19-8)13(17)18)12-7-2-1-6(5-7)11(15)16/h3-4,6-7H,1-2,5H2,(H,12,14)(H,15,16). The first-order valence-corrected chi connectivity index (χ1v) is 5.75. The van der Waals surface area contributed by atoms with Crippen molar-refractivity contribution in [2.75, 3.05) is 0 Å². The largest absolute Gasteiger partial charge is 0.481 e. The molecule has 1 aromatic rings. The van der Waals surface area contributed by atoms with Gasteiger partial charge in [0.15, 0.2) is 5.76 Å². The number of amides is 1. The Morgan fingerprint density at radius 1 is 1.42 bits per heavy atom. The smallest absolute Gasteiger partial charge is 0.433 e. The fourth-order valence-corrected chi connectivity index (χ4v) is 2.14. The van der Waals surface area contributed by atoms with Crippen LogP contribution in [0, 0.1) is 16.0 Å². The lowest BCUT2D eigenvalue weighted by molar-refractivity contribution is -0.402. The van der Waals surface area contributed by atoms with Crippen molar-refractivity contribution < 1.29 is 24.0 Å². The van der Waals surface area contributed by atoms with Crippen molar-refractivity contribution in [2.24, 2.45) is 5.92 Å². The average molecular weight is 268 g/mol. The zero-order valence-corrected chi connectivity index (χ0v) is 9.87. The zero-order valence-electron chi connectivity index (χ0n) is 9.87. The van der Waals surface area contributed by atoms with Gasteiger partial charge >= 0.3 is 11.9 Å². The number of carboxylic acid groups (broad SMARTS) is 1. The number of nitrogens with one attached hydrogen (secondary N) is 1. The van der Waals surface area contributed by atoms with E-state index in [-0.39, 0.29) is 11.8 Å². The summed E-state index contributed by atoms with van der Waals surface area (Å²) in [5, 5.41) is 21.9. The maximum absolute atomic E-state index is 11.7. The maximum atomic E-state index is 11.7. The summed E-state index contributed by atoms with van der Waals surface area (Å²) in [5.74, 6) is -2.53. The molecule has 1 fully saturated rings. The van der Waals surface area contributed by atoms with Crippen molar-refractivity contribution in [2.45, 2.75) is 25.3 Å². The van der Waals surface area contributed by atoms with Gasteiger partial charge in [0.1, 0.15) is 4.92 Å². The van der Waals surface area contributed by atoms with Crippen LogP contribution in [-0.2, 0) is 4.79 Å². The second kappa shape index (κ2) is 5.09. The third-order valence-electron chi connectivity index (χ3n) is 3.11. The van der Waals surface area contributed by atoms with E-state index in [4.69, 9.17) is 9.52 Å². The number of carbonyl (C=O) groups excluding carboxylic acids is 1. The number of rotatable bonds is 4. The average Bonchev–Trinajstić information content (AvgIpc) is 2.96. The summed E-state index contributed by atoms with van der Waals surface area (Å²) in [4.78, 5) is 32.2. The molecule has 8 heteroatoms. The molecule has 0 saturated heterocycles. The molecule has 2 atom stereocenters. The van der Waals surface area contributed by atoms with Crippen molar-refractivity contribution in [1.29, 1.82) is 0 Å². The Hall–Kier alpha value is -2.38. The highest BCUT2D eigenvalue weighted by molar-refractivity contribution is 5.92. The van der Waals surface area contributed by atoms with E-state index in [2.05, 4.69) is 5.32 Å². The molecule has 0 radical (unpaired) electrons. The summed E-state index contributed by atoms with van der Waals surface area (Å²) < 4.78 is 4.76. The van der Waals surface area contributed by atoms with Crippen LogP contribution in [0.3, 0.4) is 0 Å². The molecule has 0 bridgehead atoms. The zero-order chi connectivity index (χ0) is 14.0. The molecular formula is C11H12N2O6. The minimum atomic E-state index is -0.870. The number of nitro groups is 1. The molecule has 2 unspecified atom stereocenters. The molecule has 102 valence electrons. The van der Waals surface area contributed by atoms with Crippen LogP contribution in [0.25, 0.3) is 0 Å². The Morgan fingerprint density at radius 2 is 2.16 bits per heavy atom. The van der Waals surface area contributed by atoms with E-state index in [1.165, 1.54) is 6.07 Å². The summed E-state index contributed by atoms with van der Waals surface area (Å²) >= 11 is 0. The van der Waals surface area contributed by atoms with Crippen LogP contribution in [-0.4, -0.2) is 27.9 Å². The van der Waals surface area contributed by atoms with E-state index >= 15 is 0 Å². The molecular weight excluding hydrogens is 256 g/mol. The van der Waals surface area contributed by atoms with Crippen molar-refractivity contribution in [1.82, 2.24) is 5.32 Å². The summed E-state index contributed by atoms with van der Waals surface area (Å²) in [6.45, 7) is 0. The molecule has 0 spiro atoms. The van der Waals surface area contributed by atoms with Gasteiger partial charge in [-0.3, -0.25) is 19.7 Å². The van der Waals surface area contributed by atoms with Crippen LogP contribution in [0.1, 0.15) is 29.8 Å². The number of hydrogen-bond acceptors (Lipinski definition) is 5. The van der Waals surface area contributed by atoms with Crippen molar-refractivity contribution in [3.8, 4) is 0 Å². The SMILES string of the molecule is O=C(NC1CCC(C(=O)O)C1)c1ccc([N+](=O)[O-])o1. The third kappa shape index (κ3) is 2.90. The molecule has 1 aliphatic rings. The predicted molar refractivity (Wildman–Crippen MR) is 61.6 cm³/mol. The minimum Gasteiger partial charge on any atom is -0.481 e. The molecule has 19 heavy (non-hydrogen) atoms. The lowest BCUT2D eigenvalue weighted by Gasteiger charge is -2.10. The van der Waals surface area contributed by atoms with Gasteiger partial charge in [0.25, 0.3) is 5.91 Å². The Labute approximate surface area is 107 Å². The Morgan fingerprint density at radius 3 is 2.68 bits per heavy atom. The molecule has 0 aromatic carbocycles. The Bertz CT molecular complexity index is 523. The van der Waals surface area contributed by atoms with Crippen LogP contribution in [0.4, 0.5) is 5.88 Å². The van der Waals surface area contributed by atoms with Gasteiger partial charge in [-0.05, 0) is 25.3 Å². The molecule has 1 aromatic heterocycles. The number of carboxylic acids is 1. The molecule has 8 nitrogen and oxygen atoms in total. The van der Waals surface area contributed by atoms with Crippen molar-refractivity contribution in [3.63, 3.8) is 0 Å². The van der Waals surface area contributed by atoms with Crippen molar-refractivity contribution in [3.05, 3.63) is 28.0 Å². The summed E-state index contributed by atoms with van der Waals surface area (Å²) in [6.07, 6.45) is 1.45. The third-order valence-corrected chi connectivity index (χ3v) is 3.11. The van der Waals surface area contributed by atoms with Crippen LogP contribution in [0.2, 0.25) is 0 Å². The van der Waals surface area contributed by atoms with Gasteiger partial charge < -0.3 is 14.8 Å². The van der Waals surface area contributed by atoms with Gasteiger partial charge in [-0.25, -0.2) is 0 Å². The topological polar surface area (TPSA) is 123 Å².